The van der Waals surface area contributed by atoms with Gasteiger partial charge in [0.05, 0.1) is 18.4 Å². The Morgan fingerprint density at radius 1 is 1.18 bits per heavy atom. The topological polar surface area (TPSA) is 85.4 Å². The van der Waals surface area contributed by atoms with Crippen molar-refractivity contribution in [1.29, 1.82) is 0 Å². The Kier molecular flexibility index (Phi) is 9.81. The van der Waals surface area contributed by atoms with E-state index in [-0.39, 0.29) is 54.5 Å². The third kappa shape index (κ3) is 6.67. The number of hydrogen-bond acceptors (Lipinski definition) is 7. The molecule has 0 saturated carbocycles. The first kappa shape index (κ1) is 29.5. The maximum Gasteiger partial charge on any atom is 0.471 e. The lowest BCUT2D eigenvalue weighted by molar-refractivity contribution is -0.170. The first-order valence-electron chi connectivity index (χ1n) is 12.8. The van der Waals surface area contributed by atoms with Crippen molar-refractivity contribution in [1.82, 2.24) is 4.90 Å². The van der Waals surface area contributed by atoms with Crippen LogP contribution in [0, 0.1) is 6.92 Å². The lowest BCUT2D eigenvalue weighted by Gasteiger charge is -2.28. The predicted molar refractivity (Wildman–Crippen MR) is 134 cm³/mol. The number of allylic oxidation sites excluding steroid dienone is 2. The third-order valence-electron chi connectivity index (χ3n) is 6.97. The minimum absolute atomic E-state index is 0.0506. The second kappa shape index (κ2) is 12.6. The highest BCUT2D eigenvalue weighted by Gasteiger charge is 2.45. The summed E-state index contributed by atoms with van der Waals surface area (Å²) in [6.07, 6.45) is -0.415. The van der Waals surface area contributed by atoms with Gasteiger partial charge in [0.15, 0.2) is 0 Å². The van der Waals surface area contributed by atoms with Crippen LogP contribution in [0.4, 0.5) is 18.9 Å². The molecule has 8 nitrogen and oxygen atoms in total. The van der Waals surface area contributed by atoms with Crippen LogP contribution in [0.2, 0.25) is 0 Å². The number of anilines is 1. The number of methoxy groups -OCH3 is 1. The normalized spacial score (nSPS) is 15.9. The first-order chi connectivity index (χ1) is 18.0. The zero-order valence-corrected chi connectivity index (χ0v) is 22.3. The van der Waals surface area contributed by atoms with Gasteiger partial charge in [-0.2, -0.15) is 13.2 Å². The summed E-state index contributed by atoms with van der Waals surface area (Å²) >= 11 is 0. The van der Waals surface area contributed by atoms with Crippen molar-refractivity contribution in [3.05, 3.63) is 33.9 Å². The summed E-state index contributed by atoms with van der Waals surface area (Å²) in [6.45, 7) is 7.58. The molecule has 2 heterocycles. The summed E-state index contributed by atoms with van der Waals surface area (Å²) in [6, 6.07) is 0. The lowest BCUT2D eigenvalue weighted by Crippen LogP contribution is -2.42. The Bertz CT molecular complexity index is 1090. The van der Waals surface area contributed by atoms with Crippen molar-refractivity contribution in [2.24, 2.45) is 0 Å². The summed E-state index contributed by atoms with van der Waals surface area (Å²) in [7, 11) is 1.39. The minimum Gasteiger partial charge on any atom is -0.496 e. The summed E-state index contributed by atoms with van der Waals surface area (Å²) in [5.74, 6) is -2.89. The van der Waals surface area contributed by atoms with Crippen molar-refractivity contribution in [3.63, 3.8) is 0 Å². The highest BCUT2D eigenvalue weighted by molar-refractivity contribution is 6.08. The molecule has 0 spiro atoms. The van der Waals surface area contributed by atoms with E-state index in [1.165, 1.54) is 14.0 Å². The van der Waals surface area contributed by atoms with Gasteiger partial charge in [-0.15, -0.1) is 0 Å². The number of esters is 2. The molecule has 0 aromatic heterocycles. The predicted octanol–water partition coefficient (Wildman–Crippen LogP) is 4.50. The van der Waals surface area contributed by atoms with Gasteiger partial charge in [-0.1, -0.05) is 11.6 Å². The molecule has 1 amide bonds. The molecule has 1 aromatic rings. The van der Waals surface area contributed by atoms with Crippen molar-refractivity contribution in [3.8, 4) is 5.75 Å². The molecule has 1 aromatic carbocycles. The van der Waals surface area contributed by atoms with Crippen LogP contribution in [0.1, 0.15) is 66.6 Å². The molecule has 0 atom stereocenters. The molecule has 11 heteroatoms. The number of ether oxygens (including phenoxy) is 3. The van der Waals surface area contributed by atoms with Gasteiger partial charge in [-0.05, 0) is 65.1 Å². The summed E-state index contributed by atoms with van der Waals surface area (Å²) < 4.78 is 56.5. The number of alkyl halides is 3. The van der Waals surface area contributed by atoms with Crippen LogP contribution in [-0.2, 0) is 32.1 Å². The van der Waals surface area contributed by atoms with Crippen molar-refractivity contribution < 1.29 is 41.8 Å². The Hall–Kier alpha value is -3.08. The van der Waals surface area contributed by atoms with E-state index in [0.717, 1.165) is 31.5 Å². The van der Waals surface area contributed by atoms with Gasteiger partial charge in [0.1, 0.15) is 19.0 Å². The van der Waals surface area contributed by atoms with E-state index in [1.807, 2.05) is 0 Å². The molecule has 0 unspecified atom stereocenters. The molecule has 3 rings (SSSR count). The molecule has 2 aliphatic rings. The number of carbonyl (C=O) groups excluding carboxylic acids is 3. The molecular formula is C27H35F3N2O6. The van der Waals surface area contributed by atoms with Crippen molar-refractivity contribution in [2.45, 2.75) is 65.7 Å². The molecule has 0 bridgehead atoms. The number of nitrogens with zero attached hydrogens (tertiary/aromatic N) is 2. The Morgan fingerprint density at radius 2 is 1.87 bits per heavy atom. The van der Waals surface area contributed by atoms with E-state index in [1.54, 1.807) is 19.9 Å². The largest absolute Gasteiger partial charge is 0.496 e. The average Bonchev–Trinajstić information content (AvgIpc) is 3.52. The highest BCUT2D eigenvalue weighted by Crippen LogP contribution is 2.44. The fourth-order valence-electron chi connectivity index (χ4n) is 4.93. The maximum absolute atomic E-state index is 13.5. The van der Waals surface area contributed by atoms with E-state index < -0.39 is 18.1 Å². The van der Waals surface area contributed by atoms with Crippen LogP contribution < -0.4 is 9.64 Å². The SMILES string of the molecule is CCN(C(=O)C(F)(F)F)c1c(C/C=C(\C)CCC(=O)OCCN2CCCC2)c(OC)c(C)c2c1C(=O)OC2. The molecule has 1 saturated heterocycles. The molecule has 2 aliphatic heterocycles. The van der Waals surface area contributed by atoms with Crippen LogP contribution in [-0.4, -0.2) is 68.8 Å². The summed E-state index contributed by atoms with van der Waals surface area (Å²) in [4.78, 5) is 40.0. The van der Waals surface area contributed by atoms with Gasteiger partial charge >= 0.3 is 24.0 Å². The van der Waals surface area contributed by atoms with E-state index in [0.29, 0.717) is 35.6 Å². The Morgan fingerprint density at radius 3 is 2.47 bits per heavy atom. The number of cyclic esters (lactones) is 1. The molecular weight excluding hydrogens is 505 g/mol. The Balaban J connectivity index is 1.83. The van der Waals surface area contributed by atoms with Gasteiger partial charge in [0.2, 0.25) is 0 Å². The van der Waals surface area contributed by atoms with Gasteiger partial charge in [0, 0.05) is 30.6 Å². The number of carbonyl (C=O) groups is 3. The fraction of sp³-hybridized carbons (Fsp3) is 0.593. The molecule has 1 fully saturated rings. The number of fused-ring (bicyclic) bond motifs is 1. The monoisotopic (exact) mass is 540 g/mol. The van der Waals surface area contributed by atoms with Crippen LogP contribution in [0.3, 0.4) is 0 Å². The van der Waals surface area contributed by atoms with Crippen LogP contribution in [0.15, 0.2) is 11.6 Å². The second-order valence-electron chi connectivity index (χ2n) is 9.49. The lowest BCUT2D eigenvalue weighted by atomic mass is 9.92. The fourth-order valence-corrected chi connectivity index (χ4v) is 4.93. The first-order valence-corrected chi connectivity index (χ1v) is 12.8. The molecule has 0 aliphatic carbocycles. The minimum atomic E-state index is -5.14. The number of amides is 1. The van der Waals surface area contributed by atoms with E-state index in [4.69, 9.17) is 14.2 Å². The maximum atomic E-state index is 13.5. The van der Waals surface area contributed by atoms with E-state index in [2.05, 4.69) is 4.90 Å². The van der Waals surface area contributed by atoms with Gasteiger partial charge in [0.25, 0.3) is 0 Å². The quantitative estimate of drug-likeness (QED) is 0.302. The number of halogens is 3. The second-order valence-corrected chi connectivity index (χ2v) is 9.49. The standard InChI is InChI=1S/C27H35F3N2O6/c1-5-32(26(35)27(28,29)30)23-19(24(36-4)18(3)20-16-38-25(34)22(20)23)10-8-17(2)9-11-21(33)37-15-14-31-12-6-7-13-31/h8H,5-7,9-16H2,1-4H3/b17-8+. The molecule has 38 heavy (non-hydrogen) atoms. The van der Waals surface area contributed by atoms with Gasteiger partial charge in [-0.3, -0.25) is 14.5 Å². The smallest absolute Gasteiger partial charge is 0.471 e. The molecule has 0 N–H and O–H groups in total. The van der Waals surface area contributed by atoms with E-state index >= 15 is 0 Å². The number of rotatable bonds is 11. The average molecular weight is 541 g/mol. The molecule has 210 valence electrons. The number of benzene rings is 1. The zero-order chi connectivity index (χ0) is 28.0. The van der Waals surface area contributed by atoms with Gasteiger partial charge < -0.3 is 19.1 Å². The summed E-state index contributed by atoms with van der Waals surface area (Å²) in [5.41, 5.74) is 1.84. The Labute approximate surface area is 220 Å². The van der Waals surface area contributed by atoms with E-state index in [9.17, 15) is 27.6 Å². The van der Waals surface area contributed by atoms with Crippen molar-refractivity contribution >= 4 is 23.5 Å². The van der Waals surface area contributed by atoms with Crippen LogP contribution in [0.5, 0.6) is 5.75 Å². The zero-order valence-electron chi connectivity index (χ0n) is 22.3. The molecule has 0 radical (unpaired) electrons. The third-order valence-corrected chi connectivity index (χ3v) is 6.97. The number of likely N-dealkylation sites (tertiary alicyclic amines) is 1. The summed E-state index contributed by atoms with van der Waals surface area (Å²) in [5, 5.41) is 0. The van der Waals surface area contributed by atoms with Crippen molar-refractivity contribution in [2.75, 3.05) is 44.8 Å². The number of hydrogen-bond donors (Lipinski definition) is 0. The van der Waals surface area contributed by atoms with Gasteiger partial charge in [-0.25, -0.2) is 4.79 Å². The van der Waals surface area contributed by atoms with Crippen LogP contribution in [0.25, 0.3) is 0 Å². The van der Waals surface area contributed by atoms with Crippen LogP contribution >= 0.6 is 0 Å². The highest BCUT2D eigenvalue weighted by atomic mass is 19.4.